The molecule has 2 N–H and O–H groups in total. The zero-order valence-corrected chi connectivity index (χ0v) is 19.1. The van der Waals surface area contributed by atoms with Gasteiger partial charge in [-0.25, -0.2) is 0 Å². The minimum absolute atomic E-state index is 0.0161. The molecule has 1 aromatic rings. The number of hydrogen-bond acceptors (Lipinski definition) is 6. The van der Waals surface area contributed by atoms with E-state index < -0.39 is 24.0 Å². The zero-order chi connectivity index (χ0) is 22.5. The SMILES string of the molecule is COCCCOc1cc(COCC(N=[N+]=[N-])C(O)CC(C(=O)O)C(C)C)ccc1Br. The minimum Gasteiger partial charge on any atom is -0.492 e. The van der Waals surface area contributed by atoms with Gasteiger partial charge in [0, 0.05) is 25.0 Å². The van der Waals surface area contributed by atoms with E-state index in [9.17, 15) is 15.0 Å². The topological polar surface area (TPSA) is 134 Å². The van der Waals surface area contributed by atoms with E-state index in [2.05, 4.69) is 26.0 Å². The van der Waals surface area contributed by atoms with Crippen molar-refractivity contribution in [2.24, 2.45) is 17.0 Å². The Morgan fingerprint density at radius 3 is 2.67 bits per heavy atom. The average Bonchev–Trinajstić information content (AvgIpc) is 2.70. The molecule has 1 rings (SSSR count). The molecule has 0 aromatic heterocycles. The Balaban J connectivity index is 2.65. The molecule has 0 spiro atoms. The molecule has 0 amide bonds. The van der Waals surface area contributed by atoms with Crippen LogP contribution in [0.4, 0.5) is 0 Å². The van der Waals surface area contributed by atoms with E-state index in [0.717, 1.165) is 16.5 Å². The average molecular weight is 488 g/mol. The molecular weight excluding hydrogens is 458 g/mol. The standard InChI is InChI=1S/C20H30BrN3O6/c1-13(2)15(20(26)27)10-18(25)17(23-24-22)12-29-11-14-5-6-16(21)19(9-14)30-8-4-7-28-3/h5-6,9,13,15,17-18,25H,4,7-8,10-12H2,1-3H3,(H,26,27). The van der Waals surface area contributed by atoms with Crippen LogP contribution >= 0.6 is 15.9 Å². The van der Waals surface area contributed by atoms with Gasteiger partial charge in [-0.1, -0.05) is 25.0 Å². The van der Waals surface area contributed by atoms with Crippen molar-refractivity contribution in [1.29, 1.82) is 0 Å². The number of nitrogens with zero attached hydrogens (tertiary/aromatic N) is 3. The fraction of sp³-hybridized carbons (Fsp3) is 0.650. The molecule has 0 aliphatic carbocycles. The molecule has 0 saturated carbocycles. The van der Waals surface area contributed by atoms with E-state index in [1.165, 1.54) is 0 Å². The number of aliphatic carboxylic acids is 1. The van der Waals surface area contributed by atoms with Gasteiger partial charge in [0.2, 0.25) is 0 Å². The highest BCUT2D eigenvalue weighted by atomic mass is 79.9. The number of carboxylic acids is 1. The third kappa shape index (κ3) is 9.32. The number of rotatable bonds is 15. The van der Waals surface area contributed by atoms with Crippen LogP contribution in [-0.2, 0) is 20.9 Å². The summed E-state index contributed by atoms with van der Waals surface area (Å²) in [6.07, 6.45) is -0.366. The van der Waals surface area contributed by atoms with Crippen molar-refractivity contribution in [2.45, 2.75) is 45.4 Å². The number of methoxy groups -OCH3 is 1. The number of benzene rings is 1. The second kappa shape index (κ2) is 14.2. The molecule has 0 fully saturated rings. The van der Waals surface area contributed by atoms with Gasteiger partial charge in [-0.05, 0) is 51.5 Å². The third-order valence-corrected chi connectivity index (χ3v) is 5.22. The number of ether oxygens (including phenoxy) is 3. The van der Waals surface area contributed by atoms with E-state index in [1.807, 2.05) is 18.2 Å². The van der Waals surface area contributed by atoms with Gasteiger partial charge < -0.3 is 24.4 Å². The lowest BCUT2D eigenvalue weighted by Gasteiger charge is -2.23. The Morgan fingerprint density at radius 2 is 2.07 bits per heavy atom. The van der Waals surface area contributed by atoms with Crippen LogP contribution in [0, 0.1) is 11.8 Å². The van der Waals surface area contributed by atoms with E-state index >= 15 is 0 Å². The number of carbonyl (C=O) groups is 1. The quantitative estimate of drug-likeness (QED) is 0.165. The summed E-state index contributed by atoms with van der Waals surface area (Å²) in [6.45, 7) is 4.86. The molecule has 0 heterocycles. The van der Waals surface area contributed by atoms with Crippen LogP contribution in [0.2, 0.25) is 0 Å². The van der Waals surface area contributed by atoms with E-state index in [0.29, 0.717) is 19.0 Å². The molecule has 0 aliphatic rings. The molecule has 0 bridgehead atoms. The molecule has 3 unspecified atom stereocenters. The van der Waals surface area contributed by atoms with Crippen LogP contribution in [0.25, 0.3) is 10.4 Å². The highest BCUT2D eigenvalue weighted by Crippen LogP contribution is 2.27. The summed E-state index contributed by atoms with van der Waals surface area (Å²) in [7, 11) is 1.64. The van der Waals surface area contributed by atoms with Gasteiger partial charge in [0.1, 0.15) is 5.75 Å². The molecule has 0 radical (unpaired) electrons. The zero-order valence-electron chi connectivity index (χ0n) is 17.5. The van der Waals surface area contributed by atoms with Crippen molar-refractivity contribution in [3.63, 3.8) is 0 Å². The van der Waals surface area contributed by atoms with Crippen molar-refractivity contribution >= 4 is 21.9 Å². The minimum atomic E-state index is -1.12. The molecule has 0 aliphatic heterocycles. The maximum atomic E-state index is 11.4. The second-order valence-corrected chi connectivity index (χ2v) is 8.09. The Morgan fingerprint density at radius 1 is 1.33 bits per heavy atom. The first kappa shape index (κ1) is 26.2. The number of azide groups is 1. The lowest BCUT2D eigenvalue weighted by Crippen LogP contribution is -2.34. The molecule has 0 saturated heterocycles. The van der Waals surface area contributed by atoms with Crippen molar-refractivity contribution in [3.8, 4) is 5.75 Å². The van der Waals surface area contributed by atoms with Gasteiger partial charge in [-0.3, -0.25) is 4.79 Å². The van der Waals surface area contributed by atoms with Crippen LogP contribution < -0.4 is 4.74 Å². The number of aliphatic hydroxyl groups is 1. The summed E-state index contributed by atoms with van der Waals surface area (Å²) in [6, 6.07) is 4.68. The van der Waals surface area contributed by atoms with Gasteiger partial charge in [0.25, 0.3) is 0 Å². The molecule has 30 heavy (non-hydrogen) atoms. The summed E-state index contributed by atoms with van der Waals surface area (Å²) in [5.41, 5.74) is 9.63. The molecule has 1 aromatic carbocycles. The Hall–Kier alpha value is -1.84. The largest absolute Gasteiger partial charge is 0.492 e. The Labute approximate surface area is 185 Å². The van der Waals surface area contributed by atoms with Gasteiger partial charge in [-0.15, -0.1) is 0 Å². The molecule has 3 atom stereocenters. The van der Waals surface area contributed by atoms with Crippen LogP contribution in [-0.4, -0.2) is 55.3 Å². The van der Waals surface area contributed by atoms with Gasteiger partial charge in [-0.2, -0.15) is 0 Å². The first-order valence-corrected chi connectivity index (χ1v) is 10.5. The Bertz CT molecular complexity index is 712. The lowest BCUT2D eigenvalue weighted by atomic mass is 9.88. The summed E-state index contributed by atoms with van der Waals surface area (Å²) < 4.78 is 17.2. The molecule has 168 valence electrons. The fourth-order valence-electron chi connectivity index (χ4n) is 2.79. The maximum Gasteiger partial charge on any atom is 0.306 e. The Kier molecular flexibility index (Phi) is 12.4. The summed E-state index contributed by atoms with van der Waals surface area (Å²) in [4.78, 5) is 14.1. The first-order chi connectivity index (χ1) is 14.3. The van der Waals surface area contributed by atoms with E-state index in [-0.39, 0.29) is 25.6 Å². The predicted octanol–water partition coefficient (Wildman–Crippen LogP) is 4.17. The van der Waals surface area contributed by atoms with E-state index in [1.54, 1.807) is 21.0 Å². The summed E-state index contributed by atoms with van der Waals surface area (Å²) >= 11 is 3.44. The van der Waals surface area contributed by atoms with Crippen molar-refractivity contribution in [1.82, 2.24) is 0 Å². The number of hydrogen-bond donors (Lipinski definition) is 2. The molecular formula is C20H30BrN3O6. The monoisotopic (exact) mass is 487 g/mol. The van der Waals surface area contributed by atoms with E-state index in [4.69, 9.17) is 19.7 Å². The number of halogens is 1. The number of aliphatic hydroxyl groups excluding tert-OH is 1. The lowest BCUT2D eigenvalue weighted by molar-refractivity contribution is -0.144. The smallest absolute Gasteiger partial charge is 0.306 e. The van der Waals surface area contributed by atoms with Crippen molar-refractivity contribution in [2.75, 3.05) is 26.9 Å². The predicted molar refractivity (Wildman–Crippen MR) is 115 cm³/mol. The fourth-order valence-corrected chi connectivity index (χ4v) is 3.16. The summed E-state index contributed by atoms with van der Waals surface area (Å²) in [5.74, 6) is -1.20. The van der Waals surface area contributed by atoms with Crippen molar-refractivity contribution in [3.05, 3.63) is 38.7 Å². The third-order valence-electron chi connectivity index (χ3n) is 4.56. The van der Waals surface area contributed by atoms with Crippen LogP contribution in [0.1, 0.15) is 32.3 Å². The number of carboxylic acid groups (broad SMARTS) is 1. The van der Waals surface area contributed by atoms with Gasteiger partial charge in [0.05, 0.1) is 42.4 Å². The maximum absolute atomic E-state index is 11.4. The van der Waals surface area contributed by atoms with Gasteiger partial charge >= 0.3 is 5.97 Å². The molecule has 10 heteroatoms. The van der Waals surface area contributed by atoms with Gasteiger partial charge in [0.15, 0.2) is 0 Å². The highest BCUT2D eigenvalue weighted by molar-refractivity contribution is 9.10. The highest BCUT2D eigenvalue weighted by Gasteiger charge is 2.28. The van der Waals surface area contributed by atoms with Crippen LogP contribution in [0.3, 0.4) is 0 Å². The van der Waals surface area contributed by atoms with Crippen molar-refractivity contribution < 1.29 is 29.2 Å². The van der Waals surface area contributed by atoms with Crippen LogP contribution in [0.5, 0.6) is 5.75 Å². The van der Waals surface area contributed by atoms with Crippen LogP contribution in [0.15, 0.2) is 27.8 Å². The molecule has 9 nitrogen and oxygen atoms in total. The summed E-state index contributed by atoms with van der Waals surface area (Å²) in [5, 5.41) is 23.3. The second-order valence-electron chi connectivity index (χ2n) is 7.24. The normalized spacial score (nSPS) is 14.1. The first-order valence-electron chi connectivity index (χ1n) is 9.73.